The molecule has 0 spiro atoms. The van der Waals surface area contributed by atoms with Crippen LogP contribution in [0, 0.1) is 12.8 Å². The van der Waals surface area contributed by atoms with Crippen LogP contribution in [0.1, 0.15) is 39.3 Å². The molecule has 0 radical (unpaired) electrons. The van der Waals surface area contributed by atoms with Crippen LogP contribution in [0.5, 0.6) is 0 Å². The summed E-state index contributed by atoms with van der Waals surface area (Å²) in [7, 11) is 0. The second-order valence-corrected chi connectivity index (χ2v) is 8.29. The van der Waals surface area contributed by atoms with E-state index in [1.165, 1.54) is 0 Å². The molecule has 0 atom stereocenters. The van der Waals surface area contributed by atoms with Crippen molar-refractivity contribution in [2.75, 3.05) is 13.1 Å². The van der Waals surface area contributed by atoms with Gasteiger partial charge in [0.1, 0.15) is 0 Å². The van der Waals surface area contributed by atoms with Crippen molar-refractivity contribution in [2.45, 2.75) is 19.8 Å². The molecule has 2 heterocycles. The third-order valence-electron chi connectivity index (χ3n) is 5.82. The molecular formula is C25H23ClN2O3. The number of likely N-dealkylation sites (tertiary alicyclic amines) is 1. The maximum absolute atomic E-state index is 12.9. The summed E-state index contributed by atoms with van der Waals surface area (Å²) in [5.74, 6) is -1.12. The Kier molecular flexibility index (Phi) is 6.05. The number of nitrogens with zero attached hydrogens (tertiary/aromatic N) is 1. The summed E-state index contributed by atoms with van der Waals surface area (Å²) in [6.07, 6.45) is 1.09. The summed E-state index contributed by atoms with van der Waals surface area (Å²) >= 11 is 5.89. The van der Waals surface area contributed by atoms with Crippen LogP contribution < -0.4 is 0 Å². The monoisotopic (exact) mass is 434 g/mol. The number of Topliss-reactive ketones (excluding diaryl/α,β-unsaturated/α-hetero) is 2. The number of ketones is 2. The van der Waals surface area contributed by atoms with Gasteiger partial charge in [0.2, 0.25) is 0 Å². The van der Waals surface area contributed by atoms with E-state index in [4.69, 9.17) is 11.6 Å². The minimum absolute atomic E-state index is 0.0593. The Morgan fingerprint density at radius 1 is 0.968 bits per heavy atom. The normalized spacial score (nSPS) is 14.5. The minimum atomic E-state index is -0.515. The number of piperidine rings is 1. The van der Waals surface area contributed by atoms with Crippen LogP contribution in [0.15, 0.2) is 60.7 Å². The Morgan fingerprint density at radius 2 is 1.61 bits per heavy atom. The number of rotatable bonds is 5. The number of hydrogen-bond acceptors (Lipinski definition) is 3. The molecule has 2 aromatic carbocycles. The molecule has 158 valence electrons. The van der Waals surface area contributed by atoms with E-state index in [0.29, 0.717) is 47.8 Å². The van der Waals surface area contributed by atoms with E-state index in [1.54, 1.807) is 42.2 Å². The van der Waals surface area contributed by atoms with E-state index < -0.39 is 11.7 Å². The van der Waals surface area contributed by atoms with Crippen LogP contribution in [-0.4, -0.2) is 40.4 Å². The number of halogens is 1. The van der Waals surface area contributed by atoms with Gasteiger partial charge in [-0.1, -0.05) is 41.9 Å². The Balaban J connectivity index is 1.41. The number of nitrogens with one attached hydrogen (secondary N) is 1. The van der Waals surface area contributed by atoms with Crippen LogP contribution in [0.3, 0.4) is 0 Å². The minimum Gasteiger partial charge on any atom is -0.358 e. The van der Waals surface area contributed by atoms with Gasteiger partial charge in [-0.25, -0.2) is 0 Å². The molecule has 6 heteroatoms. The van der Waals surface area contributed by atoms with Crippen LogP contribution in [-0.2, 0) is 4.79 Å². The van der Waals surface area contributed by atoms with E-state index in [-0.39, 0.29) is 11.7 Å². The Morgan fingerprint density at radius 3 is 2.26 bits per heavy atom. The SMILES string of the molecule is Cc1[nH]c(-c2ccccc2)cc1C(=O)C(=O)N1CCC(C(=O)c2ccc(Cl)cc2)CC1. The highest BCUT2D eigenvalue weighted by Gasteiger charge is 2.32. The van der Waals surface area contributed by atoms with Gasteiger partial charge in [0.25, 0.3) is 11.7 Å². The van der Waals surface area contributed by atoms with Crippen molar-refractivity contribution >= 4 is 29.1 Å². The summed E-state index contributed by atoms with van der Waals surface area (Å²) in [6.45, 7) is 2.58. The van der Waals surface area contributed by atoms with Gasteiger partial charge in [-0.3, -0.25) is 14.4 Å². The van der Waals surface area contributed by atoms with Crippen LogP contribution in [0.2, 0.25) is 5.02 Å². The number of carbonyl (C=O) groups excluding carboxylic acids is 3. The Labute approximate surface area is 186 Å². The summed E-state index contributed by atoms with van der Waals surface area (Å²) in [6, 6.07) is 18.3. The van der Waals surface area contributed by atoms with Gasteiger partial charge in [-0.05, 0) is 55.7 Å². The van der Waals surface area contributed by atoms with Gasteiger partial charge in [0, 0.05) is 46.5 Å². The number of amides is 1. The van der Waals surface area contributed by atoms with Crippen LogP contribution >= 0.6 is 11.6 Å². The van der Waals surface area contributed by atoms with Crippen molar-refractivity contribution in [3.8, 4) is 11.3 Å². The molecule has 31 heavy (non-hydrogen) atoms. The van der Waals surface area contributed by atoms with Crippen molar-refractivity contribution < 1.29 is 14.4 Å². The molecule has 0 bridgehead atoms. The van der Waals surface area contributed by atoms with Gasteiger partial charge in [0.05, 0.1) is 0 Å². The van der Waals surface area contributed by atoms with Crippen molar-refractivity contribution in [1.29, 1.82) is 0 Å². The highest BCUT2D eigenvalue weighted by Crippen LogP contribution is 2.25. The summed E-state index contributed by atoms with van der Waals surface area (Å²) in [5, 5.41) is 0.589. The molecule has 0 saturated carbocycles. The van der Waals surface area contributed by atoms with Gasteiger partial charge < -0.3 is 9.88 Å². The van der Waals surface area contributed by atoms with Crippen molar-refractivity contribution in [3.05, 3.63) is 82.5 Å². The average Bonchev–Trinajstić information content (AvgIpc) is 3.20. The predicted octanol–water partition coefficient (Wildman–Crippen LogP) is 4.95. The van der Waals surface area contributed by atoms with Crippen LogP contribution in [0.4, 0.5) is 0 Å². The number of carbonyl (C=O) groups is 3. The smallest absolute Gasteiger partial charge is 0.295 e. The van der Waals surface area contributed by atoms with Gasteiger partial charge in [-0.2, -0.15) is 0 Å². The molecule has 1 N–H and O–H groups in total. The second-order valence-electron chi connectivity index (χ2n) is 7.85. The predicted molar refractivity (Wildman–Crippen MR) is 120 cm³/mol. The Bertz CT molecular complexity index is 1110. The average molecular weight is 435 g/mol. The summed E-state index contributed by atoms with van der Waals surface area (Å²) in [5.41, 5.74) is 3.45. The summed E-state index contributed by atoms with van der Waals surface area (Å²) in [4.78, 5) is 43.2. The lowest BCUT2D eigenvalue weighted by Gasteiger charge is -2.30. The topological polar surface area (TPSA) is 70.2 Å². The fraction of sp³-hybridized carbons (Fsp3) is 0.240. The number of aryl methyl sites for hydroxylation is 1. The maximum atomic E-state index is 12.9. The third kappa shape index (κ3) is 4.47. The molecular weight excluding hydrogens is 412 g/mol. The molecule has 1 fully saturated rings. The number of aromatic nitrogens is 1. The fourth-order valence-corrected chi connectivity index (χ4v) is 4.15. The van der Waals surface area contributed by atoms with E-state index in [2.05, 4.69) is 4.98 Å². The first-order valence-corrected chi connectivity index (χ1v) is 10.7. The molecule has 1 aliphatic rings. The second kappa shape index (κ2) is 8.90. The zero-order chi connectivity index (χ0) is 22.0. The number of benzene rings is 2. The number of H-pyrrole nitrogens is 1. The first-order chi connectivity index (χ1) is 14.9. The molecule has 1 aromatic heterocycles. The molecule has 3 aromatic rings. The van der Waals surface area contributed by atoms with Gasteiger partial charge in [0.15, 0.2) is 5.78 Å². The Hall–Kier alpha value is -3.18. The zero-order valence-electron chi connectivity index (χ0n) is 17.2. The maximum Gasteiger partial charge on any atom is 0.295 e. The third-order valence-corrected chi connectivity index (χ3v) is 6.07. The summed E-state index contributed by atoms with van der Waals surface area (Å²) < 4.78 is 0. The lowest BCUT2D eigenvalue weighted by atomic mass is 9.88. The molecule has 1 saturated heterocycles. The van der Waals surface area contributed by atoms with E-state index in [0.717, 1.165) is 11.3 Å². The lowest BCUT2D eigenvalue weighted by Crippen LogP contribution is -2.43. The molecule has 1 aliphatic heterocycles. The number of aromatic amines is 1. The highest BCUT2D eigenvalue weighted by atomic mass is 35.5. The van der Waals surface area contributed by atoms with E-state index in [1.807, 2.05) is 30.3 Å². The quantitative estimate of drug-likeness (QED) is 0.456. The van der Waals surface area contributed by atoms with Gasteiger partial charge in [-0.15, -0.1) is 0 Å². The molecule has 4 rings (SSSR count). The largest absolute Gasteiger partial charge is 0.358 e. The molecule has 5 nitrogen and oxygen atoms in total. The van der Waals surface area contributed by atoms with Crippen molar-refractivity contribution in [1.82, 2.24) is 9.88 Å². The zero-order valence-corrected chi connectivity index (χ0v) is 18.0. The fourth-order valence-electron chi connectivity index (χ4n) is 4.02. The molecule has 0 aliphatic carbocycles. The highest BCUT2D eigenvalue weighted by molar-refractivity contribution is 6.43. The van der Waals surface area contributed by atoms with E-state index >= 15 is 0 Å². The van der Waals surface area contributed by atoms with Crippen LogP contribution in [0.25, 0.3) is 11.3 Å². The lowest BCUT2D eigenvalue weighted by molar-refractivity contribution is -0.127. The standard InChI is InChI=1S/C25H23ClN2O3/c1-16-21(15-22(27-16)17-5-3-2-4-6-17)24(30)25(31)28-13-11-19(12-14-28)23(29)18-7-9-20(26)10-8-18/h2-10,15,19,27H,11-14H2,1H3. The van der Waals surface area contributed by atoms with Crippen molar-refractivity contribution in [3.63, 3.8) is 0 Å². The van der Waals surface area contributed by atoms with E-state index in [9.17, 15) is 14.4 Å². The van der Waals surface area contributed by atoms with Gasteiger partial charge >= 0.3 is 0 Å². The first kappa shape index (κ1) is 21.1. The molecule has 1 amide bonds. The molecule has 0 unspecified atom stereocenters. The van der Waals surface area contributed by atoms with Crippen molar-refractivity contribution in [2.24, 2.45) is 5.92 Å². The number of hydrogen-bond donors (Lipinski definition) is 1. The first-order valence-electron chi connectivity index (χ1n) is 10.3.